The Morgan fingerprint density at radius 1 is 1.53 bits per heavy atom. The monoisotopic (exact) mass is 295 g/mol. The maximum Gasteiger partial charge on any atom is 0.244 e. The summed E-state index contributed by atoms with van der Waals surface area (Å²) in [5.41, 5.74) is 0. The molecule has 2 N–H and O–H groups in total. The minimum Gasteiger partial charge on any atom is -0.394 e. The molecule has 0 aliphatic carbocycles. The maximum atomic E-state index is 11.6. The quantitative estimate of drug-likeness (QED) is 0.852. The van der Waals surface area contributed by atoms with E-state index in [-0.39, 0.29) is 18.6 Å². The number of thiophene rings is 1. The van der Waals surface area contributed by atoms with E-state index >= 15 is 0 Å². The molecule has 1 atom stereocenters. The fourth-order valence-corrected chi connectivity index (χ4v) is 3.03. The number of halogens is 1. The van der Waals surface area contributed by atoms with Crippen LogP contribution in [0.5, 0.6) is 0 Å². The van der Waals surface area contributed by atoms with Crippen molar-refractivity contribution in [1.82, 2.24) is 5.32 Å². The van der Waals surface area contributed by atoms with Crippen molar-refractivity contribution in [3.8, 4) is 0 Å². The third kappa shape index (κ3) is 3.35. The van der Waals surface area contributed by atoms with Crippen molar-refractivity contribution < 1.29 is 9.90 Å². The molecule has 1 aromatic heterocycles. The van der Waals surface area contributed by atoms with Crippen LogP contribution in [-0.2, 0) is 4.79 Å². The van der Waals surface area contributed by atoms with Crippen molar-refractivity contribution in [3.05, 3.63) is 40.2 Å². The summed E-state index contributed by atoms with van der Waals surface area (Å²) in [6.45, 7) is 1.65. The molecule has 1 heterocycles. The van der Waals surface area contributed by atoms with Crippen LogP contribution in [0.2, 0.25) is 5.02 Å². The zero-order valence-electron chi connectivity index (χ0n) is 10.4. The number of fused-ring (bicyclic) bond motifs is 1. The van der Waals surface area contributed by atoms with Crippen molar-refractivity contribution in [2.45, 2.75) is 13.0 Å². The summed E-state index contributed by atoms with van der Waals surface area (Å²) in [6, 6.07) is 7.59. The van der Waals surface area contributed by atoms with E-state index in [1.54, 1.807) is 24.3 Å². The zero-order valence-corrected chi connectivity index (χ0v) is 12.0. The van der Waals surface area contributed by atoms with Crippen molar-refractivity contribution in [3.63, 3.8) is 0 Å². The van der Waals surface area contributed by atoms with Gasteiger partial charge in [-0.05, 0) is 19.1 Å². The molecule has 2 aromatic rings. The van der Waals surface area contributed by atoms with E-state index < -0.39 is 0 Å². The smallest absolute Gasteiger partial charge is 0.244 e. The third-order valence-electron chi connectivity index (χ3n) is 2.61. The second-order valence-corrected chi connectivity index (χ2v) is 5.66. The second-order valence-electron chi connectivity index (χ2n) is 4.20. The Hall–Kier alpha value is -1.36. The van der Waals surface area contributed by atoms with Gasteiger partial charge in [0.05, 0.1) is 11.6 Å². The first-order valence-electron chi connectivity index (χ1n) is 5.88. The van der Waals surface area contributed by atoms with E-state index in [0.717, 1.165) is 15.0 Å². The van der Waals surface area contributed by atoms with Gasteiger partial charge >= 0.3 is 0 Å². The summed E-state index contributed by atoms with van der Waals surface area (Å²) in [5, 5.41) is 13.2. The number of rotatable bonds is 4. The first-order chi connectivity index (χ1) is 9.11. The molecule has 0 aliphatic heterocycles. The molecule has 1 unspecified atom stereocenters. The van der Waals surface area contributed by atoms with Crippen molar-refractivity contribution in [1.29, 1.82) is 0 Å². The molecular weight excluding hydrogens is 282 g/mol. The molecule has 2 rings (SSSR count). The molecule has 0 radical (unpaired) electrons. The Morgan fingerprint density at radius 2 is 2.26 bits per heavy atom. The first-order valence-corrected chi connectivity index (χ1v) is 7.07. The molecule has 1 amide bonds. The SMILES string of the molecule is CC(CO)NC(=O)/C=C/c1sc2ccccc2c1Cl. The molecule has 19 heavy (non-hydrogen) atoms. The van der Waals surface area contributed by atoms with Gasteiger partial charge in [-0.1, -0.05) is 29.8 Å². The molecule has 0 spiro atoms. The molecule has 0 saturated carbocycles. The van der Waals surface area contributed by atoms with Crippen LogP contribution in [0.25, 0.3) is 16.2 Å². The van der Waals surface area contributed by atoms with Gasteiger partial charge in [0.15, 0.2) is 0 Å². The predicted molar refractivity (Wildman–Crippen MR) is 80.6 cm³/mol. The van der Waals surface area contributed by atoms with E-state index in [9.17, 15) is 4.79 Å². The van der Waals surface area contributed by atoms with Crippen molar-refractivity contribution in [2.24, 2.45) is 0 Å². The minimum atomic E-state index is -0.255. The van der Waals surface area contributed by atoms with Crippen molar-refractivity contribution in [2.75, 3.05) is 6.61 Å². The lowest BCUT2D eigenvalue weighted by Gasteiger charge is -2.07. The van der Waals surface area contributed by atoms with E-state index in [1.165, 1.54) is 6.08 Å². The molecule has 0 bridgehead atoms. The van der Waals surface area contributed by atoms with Crippen LogP contribution in [0.15, 0.2) is 30.3 Å². The lowest BCUT2D eigenvalue weighted by atomic mass is 10.2. The lowest BCUT2D eigenvalue weighted by Crippen LogP contribution is -2.33. The average Bonchev–Trinajstić information content (AvgIpc) is 2.73. The summed E-state index contributed by atoms with van der Waals surface area (Å²) >= 11 is 7.80. The Balaban J connectivity index is 2.17. The highest BCUT2D eigenvalue weighted by atomic mass is 35.5. The number of nitrogens with one attached hydrogen (secondary N) is 1. The van der Waals surface area contributed by atoms with Gasteiger partial charge in [-0.2, -0.15) is 0 Å². The fraction of sp³-hybridized carbons (Fsp3) is 0.214. The standard InChI is InChI=1S/C14H14ClNO2S/c1-9(8-17)16-13(18)7-6-12-14(15)10-4-2-3-5-11(10)19-12/h2-7,9,17H,8H2,1H3,(H,16,18)/b7-6+. The first kappa shape index (κ1) is 14.1. The number of benzene rings is 1. The van der Waals surface area contributed by atoms with Crippen LogP contribution in [0.4, 0.5) is 0 Å². The minimum absolute atomic E-state index is 0.0801. The maximum absolute atomic E-state index is 11.6. The summed E-state index contributed by atoms with van der Waals surface area (Å²) in [4.78, 5) is 12.4. The van der Waals surface area contributed by atoms with Gasteiger partial charge in [-0.15, -0.1) is 11.3 Å². The zero-order chi connectivity index (χ0) is 13.8. The van der Waals surface area contributed by atoms with Crippen LogP contribution >= 0.6 is 22.9 Å². The number of amides is 1. The van der Waals surface area contributed by atoms with Crippen LogP contribution in [0.1, 0.15) is 11.8 Å². The number of hydrogen-bond acceptors (Lipinski definition) is 3. The molecule has 5 heteroatoms. The van der Waals surface area contributed by atoms with E-state index in [4.69, 9.17) is 16.7 Å². The summed E-state index contributed by atoms with van der Waals surface area (Å²) in [6.07, 6.45) is 3.13. The number of carbonyl (C=O) groups is 1. The largest absolute Gasteiger partial charge is 0.394 e. The number of carbonyl (C=O) groups excluding carboxylic acids is 1. The van der Waals surface area contributed by atoms with Crippen molar-refractivity contribution >= 4 is 45.0 Å². The molecule has 0 aliphatic rings. The third-order valence-corrected chi connectivity index (χ3v) is 4.26. The second kappa shape index (κ2) is 6.19. The van der Waals surface area contributed by atoms with Gasteiger partial charge in [0.1, 0.15) is 0 Å². The highest BCUT2D eigenvalue weighted by molar-refractivity contribution is 7.20. The topological polar surface area (TPSA) is 49.3 Å². The van der Waals surface area contributed by atoms with E-state index in [1.807, 2.05) is 24.3 Å². The highest BCUT2D eigenvalue weighted by Crippen LogP contribution is 2.35. The normalized spacial score (nSPS) is 13.0. The van der Waals surface area contributed by atoms with Gasteiger partial charge in [-0.25, -0.2) is 0 Å². The molecule has 0 saturated heterocycles. The number of hydrogen-bond donors (Lipinski definition) is 2. The van der Waals surface area contributed by atoms with Crippen LogP contribution < -0.4 is 5.32 Å². The Kier molecular flexibility index (Phi) is 4.58. The predicted octanol–water partition coefficient (Wildman–Crippen LogP) is 3.06. The summed E-state index contributed by atoms with van der Waals surface area (Å²) < 4.78 is 1.09. The van der Waals surface area contributed by atoms with Crippen LogP contribution in [0.3, 0.4) is 0 Å². The van der Waals surface area contributed by atoms with E-state index in [0.29, 0.717) is 5.02 Å². The van der Waals surface area contributed by atoms with Gasteiger partial charge in [0, 0.05) is 27.1 Å². The number of aliphatic hydroxyl groups is 1. The fourth-order valence-electron chi connectivity index (χ4n) is 1.63. The van der Waals surface area contributed by atoms with E-state index in [2.05, 4.69) is 5.32 Å². The van der Waals surface area contributed by atoms with Gasteiger partial charge < -0.3 is 10.4 Å². The van der Waals surface area contributed by atoms with Gasteiger partial charge in [-0.3, -0.25) is 4.79 Å². The Morgan fingerprint density at radius 3 is 2.95 bits per heavy atom. The lowest BCUT2D eigenvalue weighted by molar-refractivity contribution is -0.117. The number of aliphatic hydroxyl groups excluding tert-OH is 1. The molecule has 1 aromatic carbocycles. The van der Waals surface area contributed by atoms with Gasteiger partial charge in [0.25, 0.3) is 0 Å². The average molecular weight is 296 g/mol. The molecule has 0 fully saturated rings. The van der Waals surface area contributed by atoms with Crippen LogP contribution in [0, 0.1) is 0 Å². The molecule has 3 nitrogen and oxygen atoms in total. The Labute approximate surface area is 120 Å². The summed E-state index contributed by atoms with van der Waals surface area (Å²) in [5.74, 6) is -0.241. The highest BCUT2D eigenvalue weighted by Gasteiger charge is 2.08. The van der Waals surface area contributed by atoms with Gasteiger partial charge in [0.2, 0.25) is 5.91 Å². The van der Waals surface area contributed by atoms with Crippen LogP contribution in [-0.4, -0.2) is 23.7 Å². The Bertz CT molecular complexity index is 621. The molecule has 100 valence electrons. The summed E-state index contributed by atoms with van der Waals surface area (Å²) in [7, 11) is 0. The molecular formula is C14H14ClNO2S.